The first-order valence-electron chi connectivity index (χ1n) is 7.38. The summed E-state index contributed by atoms with van der Waals surface area (Å²) in [5.41, 5.74) is 0.773. The fourth-order valence-corrected chi connectivity index (χ4v) is 3.79. The number of phenols is 1. The third kappa shape index (κ3) is 4.09. The van der Waals surface area contributed by atoms with Crippen molar-refractivity contribution in [3.8, 4) is 11.8 Å². The number of aromatic hydroxyl groups is 1. The van der Waals surface area contributed by atoms with Crippen LogP contribution in [0.3, 0.4) is 0 Å². The minimum Gasteiger partial charge on any atom is -0.506 e. The Bertz CT molecular complexity index is 970. The largest absolute Gasteiger partial charge is 0.506 e. The highest BCUT2D eigenvalue weighted by atomic mass is 79.9. The van der Waals surface area contributed by atoms with Gasteiger partial charge in [0.1, 0.15) is 11.8 Å². The van der Waals surface area contributed by atoms with Crippen molar-refractivity contribution in [2.75, 3.05) is 0 Å². The standard InChI is InChI=1S/C18H17BrN2O3S/c1-18(2,3)14-9-12(10-15(19)17(14)22)8-13(11-20)25(23,24)16-6-4-5-7-21-16/h4-10,22H,1-3H3/b13-8+. The summed E-state index contributed by atoms with van der Waals surface area (Å²) >= 11 is 3.27. The van der Waals surface area contributed by atoms with Crippen LogP contribution in [-0.4, -0.2) is 18.5 Å². The summed E-state index contributed by atoms with van der Waals surface area (Å²) < 4.78 is 25.6. The zero-order valence-electron chi connectivity index (χ0n) is 14.0. The van der Waals surface area contributed by atoms with Crippen LogP contribution in [-0.2, 0) is 15.3 Å². The van der Waals surface area contributed by atoms with Gasteiger partial charge in [0.05, 0.1) is 4.47 Å². The van der Waals surface area contributed by atoms with E-state index >= 15 is 0 Å². The second-order valence-electron chi connectivity index (χ2n) is 6.44. The minimum absolute atomic E-state index is 0.0933. The monoisotopic (exact) mass is 420 g/mol. The molecule has 1 N–H and O–H groups in total. The molecule has 0 aliphatic heterocycles. The van der Waals surface area contributed by atoms with Gasteiger partial charge in [-0.15, -0.1) is 0 Å². The number of hydrogen-bond donors (Lipinski definition) is 1. The zero-order chi connectivity index (χ0) is 18.8. The highest BCUT2D eigenvalue weighted by Gasteiger charge is 2.24. The molecule has 1 aromatic carbocycles. The molecule has 2 rings (SSSR count). The molecule has 0 unspecified atom stereocenters. The molecule has 0 radical (unpaired) electrons. The van der Waals surface area contributed by atoms with Crippen molar-refractivity contribution >= 4 is 31.8 Å². The van der Waals surface area contributed by atoms with Gasteiger partial charge in [-0.2, -0.15) is 5.26 Å². The molecule has 0 bridgehead atoms. The molecule has 130 valence electrons. The van der Waals surface area contributed by atoms with Gasteiger partial charge in [0.25, 0.3) is 0 Å². The lowest BCUT2D eigenvalue weighted by atomic mass is 9.85. The van der Waals surface area contributed by atoms with Crippen molar-refractivity contribution in [2.45, 2.75) is 31.2 Å². The molecule has 1 aromatic heterocycles. The maximum atomic E-state index is 12.6. The van der Waals surface area contributed by atoms with Crippen LogP contribution in [0, 0.1) is 11.3 Å². The Labute approximate surface area is 155 Å². The van der Waals surface area contributed by atoms with Gasteiger partial charge in [0, 0.05) is 11.8 Å². The van der Waals surface area contributed by atoms with Crippen molar-refractivity contribution in [3.05, 3.63) is 57.0 Å². The van der Waals surface area contributed by atoms with Crippen LogP contribution in [0.5, 0.6) is 5.75 Å². The van der Waals surface area contributed by atoms with Gasteiger partial charge in [0.15, 0.2) is 9.93 Å². The maximum absolute atomic E-state index is 12.6. The van der Waals surface area contributed by atoms with Gasteiger partial charge in [-0.3, -0.25) is 0 Å². The minimum atomic E-state index is -4.01. The lowest BCUT2D eigenvalue weighted by Gasteiger charge is -2.21. The van der Waals surface area contributed by atoms with E-state index in [2.05, 4.69) is 20.9 Å². The Kier molecular flexibility index (Phi) is 5.35. The molecule has 7 heteroatoms. The van der Waals surface area contributed by atoms with Crippen LogP contribution in [0.25, 0.3) is 6.08 Å². The number of halogens is 1. The molecular formula is C18H17BrN2O3S. The van der Waals surface area contributed by atoms with Crippen LogP contribution >= 0.6 is 15.9 Å². The number of rotatable bonds is 3. The molecule has 2 aromatic rings. The molecule has 0 aliphatic rings. The molecule has 0 spiro atoms. The first-order valence-corrected chi connectivity index (χ1v) is 9.66. The Morgan fingerprint density at radius 1 is 1.32 bits per heavy atom. The van der Waals surface area contributed by atoms with E-state index in [0.717, 1.165) is 0 Å². The Morgan fingerprint density at radius 3 is 2.52 bits per heavy atom. The van der Waals surface area contributed by atoms with E-state index in [1.54, 1.807) is 30.3 Å². The van der Waals surface area contributed by atoms with Gasteiger partial charge >= 0.3 is 0 Å². The van der Waals surface area contributed by atoms with E-state index in [1.807, 2.05) is 20.8 Å². The van der Waals surface area contributed by atoms with E-state index < -0.39 is 14.7 Å². The average Bonchev–Trinajstić information content (AvgIpc) is 2.55. The smallest absolute Gasteiger partial charge is 0.233 e. The highest BCUT2D eigenvalue weighted by molar-refractivity contribution is 9.10. The first-order chi connectivity index (χ1) is 11.6. The Hall–Kier alpha value is -2.17. The normalized spacial score (nSPS) is 12.7. The second-order valence-corrected chi connectivity index (χ2v) is 9.16. The number of sulfone groups is 1. The predicted molar refractivity (Wildman–Crippen MR) is 99.5 cm³/mol. The zero-order valence-corrected chi connectivity index (χ0v) is 16.4. The number of nitrogens with zero attached hydrogens (tertiary/aromatic N) is 2. The van der Waals surface area contributed by atoms with Crippen LogP contribution in [0.15, 0.2) is 50.9 Å². The average molecular weight is 421 g/mol. The van der Waals surface area contributed by atoms with Crippen LogP contribution in [0.1, 0.15) is 31.9 Å². The van der Waals surface area contributed by atoms with Gasteiger partial charge in [-0.25, -0.2) is 13.4 Å². The van der Waals surface area contributed by atoms with E-state index in [1.165, 1.54) is 18.3 Å². The summed E-state index contributed by atoms with van der Waals surface area (Å²) in [6.45, 7) is 5.79. The lowest BCUT2D eigenvalue weighted by Crippen LogP contribution is -2.12. The Morgan fingerprint density at radius 2 is 2.00 bits per heavy atom. The van der Waals surface area contributed by atoms with Crippen molar-refractivity contribution in [3.63, 3.8) is 0 Å². The molecule has 0 atom stereocenters. The van der Waals surface area contributed by atoms with Gasteiger partial charge in [-0.1, -0.05) is 26.8 Å². The van der Waals surface area contributed by atoms with Gasteiger partial charge in [-0.05, 0) is 57.2 Å². The molecule has 5 nitrogen and oxygen atoms in total. The fourth-order valence-electron chi connectivity index (χ4n) is 2.22. The number of benzene rings is 1. The number of hydrogen-bond acceptors (Lipinski definition) is 5. The summed E-state index contributed by atoms with van der Waals surface area (Å²) in [6, 6.07) is 9.46. The number of allylic oxidation sites excluding steroid dienone is 1. The SMILES string of the molecule is CC(C)(C)c1cc(/C=C(\C#N)S(=O)(=O)c2ccccn2)cc(Br)c1O. The van der Waals surface area contributed by atoms with E-state index in [-0.39, 0.29) is 16.2 Å². The number of nitriles is 1. The van der Waals surface area contributed by atoms with Crippen molar-refractivity contribution in [1.29, 1.82) is 5.26 Å². The quantitative estimate of drug-likeness (QED) is 0.751. The highest BCUT2D eigenvalue weighted by Crippen LogP contribution is 2.37. The Balaban J connectivity index is 2.63. The van der Waals surface area contributed by atoms with Crippen LogP contribution in [0.2, 0.25) is 0 Å². The lowest BCUT2D eigenvalue weighted by molar-refractivity contribution is 0.443. The molecule has 0 saturated carbocycles. The fraction of sp³-hybridized carbons (Fsp3) is 0.222. The predicted octanol–water partition coefficient (Wildman–Crippen LogP) is 4.19. The second kappa shape index (κ2) is 6.98. The topological polar surface area (TPSA) is 91.0 Å². The van der Waals surface area contributed by atoms with Crippen LogP contribution in [0.4, 0.5) is 0 Å². The summed E-state index contributed by atoms with van der Waals surface area (Å²) in [7, 11) is -4.01. The number of phenolic OH excluding ortho intramolecular Hbond substituents is 1. The first kappa shape index (κ1) is 19.2. The van der Waals surface area contributed by atoms with Gasteiger partial charge in [0.2, 0.25) is 9.84 Å². The third-order valence-corrected chi connectivity index (χ3v) is 5.69. The van der Waals surface area contributed by atoms with Crippen molar-refractivity contribution in [1.82, 2.24) is 4.98 Å². The van der Waals surface area contributed by atoms with Crippen molar-refractivity contribution < 1.29 is 13.5 Å². The third-order valence-electron chi connectivity index (χ3n) is 3.50. The van der Waals surface area contributed by atoms with Crippen LogP contribution < -0.4 is 0 Å². The molecule has 0 saturated heterocycles. The van der Waals surface area contributed by atoms with Crippen molar-refractivity contribution in [2.24, 2.45) is 0 Å². The van der Waals surface area contributed by atoms with E-state index in [0.29, 0.717) is 15.6 Å². The molecule has 0 aliphatic carbocycles. The van der Waals surface area contributed by atoms with E-state index in [9.17, 15) is 18.8 Å². The summed E-state index contributed by atoms with van der Waals surface area (Å²) in [6.07, 6.45) is 2.64. The summed E-state index contributed by atoms with van der Waals surface area (Å²) in [5.74, 6) is 0.0933. The van der Waals surface area contributed by atoms with Gasteiger partial charge < -0.3 is 5.11 Å². The summed E-state index contributed by atoms with van der Waals surface area (Å²) in [5, 5.41) is 19.4. The number of aromatic nitrogens is 1. The molecule has 25 heavy (non-hydrogen) atoms. The van der Waals surface area contributed by atoms with E-state index in [4.69, 9.17) is 0 Å². The molecule has 0 fully saturated rings. The summed E-state index contributed by atoms with van der Waals surface area (Å²) in [4.78, 5) is 3.41. The molecular weight excluding hydrogens is 404 g/mol. The number of pyridine rings is 1. The molecule has 0 amide bonds. The maximum Gasteiger partial charge on any atom is 0.233 e. The molecule has 1 heterocycles.